The van der Waals surface area contributed by atoms with E-state index in [2.05, 4.69) is 31.1 Å². The van der Waals surface area contributed by atoms with Gasteiger partial charge in [-0.2, -0.15) is 0 Å². The number of nitrogens with one attached hydrogen (secondary N) is 3. The van der Waals surface area contributed by atoms with Gasteiger partial charge in [0.1, 0.15) is 17.4 Å². The molecule has 0 atom stereocenters. The largest absolute Gasteiger partial charge is 0.496 e. The van der Waals surface area contributed by atoms with E-state index in [1.807, 2.05) is 55.5 Å². The van der Waals surface area contributed by atoms with Crippen molar-refractivity contribution < 1.29 is 9.53 Å². The average Bonchev–Trinajstić information content (AvgIpc) is 2.74. The molecule has 0 fully saturated rings. The van der Waals surface area contributed by atoms with Crippen LogP contribution in [0, 0.1) is 6.92 Å². The number of aryl methyl sites for hydroxylation is 1. The first-order valence-corrected chi connectivity index (χ1v) is 9.30. The SMILES string of the molecule is COc1ccccc1CC(=O)NCCNc1ccc(Nc2ccc(C)cn2)nn1. The summed E-state index contributed by atoms with van der Waals surface area (Å²) in [4.78, 5) is 16.4. The predicted octanol–water partition coefficient (Wildman–Crippen LogP) is 2.70. The Bertz CT molecular complexity index is 929. The summed E-state index contributed by atoms with van der Waals surface area (Å²) in [5.41, 5.74) is 1.95. The maximum Gasteiger partial charge on any atom is 0.224 e. The number of para-hydroxylation sites is 1. The fraction of sp³-hybridized carbons (Fsp3) is 0.238. The van der Waals surface area contributed by atoms with Crippen molar-refractivity contribution in [3.8, 4) is 5.75 Å². The maximum atomic E-state index is 12.1. The van der Waals surface area contributed by atoms with Gasteiger partial charge < -0.3 is 20.7 Å². The van der Waals surface area contributed by atoms with Crippen molar-refractivity contribution in [2.45, 2.75) is 13.3 Å². The fourth-order valence-electron chi connectivity index (χ4n) is 2.64. The van der Waals surface area contributed by atoms with Gasteiger partial charge in [0.2, 0.25) is 5.91 Å². The van der Waals surface area contributed by atoms with Crippen molar-refractivity contribution in [3.05, 3.63) is 65.9 Å². The van der Waals surface area contributed by atoms with E-state index in [0.717, 1.165) is 11.1 Å². The van der Waals surface area contributed by atoms with Crippen molar-refractivity contribution in [2.75, 3.05) is 30.8 Å². The van der Waals surface area contributed by atoms with Gasteiger partial charge in [0.15, 0.2) is 5.82 Å². The number of rotatable bonds is 9. The number of carbonyl (C=O) groups excluding carboxylic acids is 1. The third-order valence-electron chi connectivity index (χ3n) is 4.13. The fourth-order valence-corrected chi connectivity index (χ4v) is 2.64. The van der Waals surface area contributed by atoms with Gasteiger partial charge in [-0.3, -0.25) is 4.79 Å². The molecular formula is C21H24N6O2. The van der Waals surface area contributed by atoms with E-state index < -0.39 is 0 Å². The zero-order valence-electron chi connectivity index (χ0n) is 16.5. The van der Waals surface area contributed by atoms with Crippen molar-refractivity contribution in [3.63, 3.8) is 0 Å². The van der Waals surface area contributed by atoms with Gasteiger partial charge in [-0.25, -0.2) is 4.98 Å². The number of pyridine rings is 1. The second kappa shape index (κ2) is 10.0. The first kappa shape index (κ1) is 20.1. The molecule has 2 heterocycles. The van der Waals surface area contributed by atoms with Crippen molar-refractivity contribution in [1.82, 2.24) is 20.5 Å². The topological polar surface area (TPSA) is 101 Å². The number of hydrogen-bond acceptors (Lipinski definition) is 7. The number of aromatic nitrogens is 3. The molecule has 3 rings (SSSR count). The molecule has 1 amide bonds. The Morgan fingerprint density at radius 3 is 2.45 bits per heavy atom. The molecule has 1 aromatic carbocycles. The molecule has 8 nitrogen and oxygen atoms in total. The van der Waals surface area contributed by atoms with Gasteiger partial charge in [0.25, 0.3) is 0 Å². The predicted molar refractivity (Wildman–Crippen MR) is 112 cm³/mol. The van der Waals surface area contributed by atoms with Crippen LogP contribution in [0.3, 0.4) is 0 Å². The lowest BCUT2D eigenvalue weighted by atomic mass is 10.1. The molecule has 0 unspecified atom stereocenters. The molecule has 0 saturated heterocycles. The number of hydrogen-bond donors (Lipinski definition) is 3. The van der Waals surface area contributed by atoms with Crippen LogP contribution in [0.4, 0.5) is 17.5 Å². The number of nitrogens with zero attached hydrogens (tertiary/aromatic N) is 3. The lowest BCUT2D eigenvalue weighted by Gasteiger charge is -2.10. The number of anilines is 3. The molecule has 0 radical (unpaired) electrons. The summed E-state index contributed by atoms with van der Waals surface area (Å²) in [7, 11) is 1.60. The number of benzene rings is 1. The molecule has 0 saturated carbocycles. The highest BCUT2D eigenvalue weighted by atomic mass is 16.5. The van der Waals surface area contributed by atoms with Gasteiger partial charge in [0, 0.05) is 24.8 Å². The summed E-state index contributed by atoms with van der Waals surface area (Å²) in [6.07, 6.45) is 2.06. The van der Waals surface area contributed by atoms with Gasteiger partial charge >= 0.3 is 0 Å². The average molecular weight is 392 g/mol. The van der Waals surface area contributed by atoms with Gasteiger partial charge in [-0.1, -0.05) is 24.3 Å². The molecule has 3 N–H and O–H groups in total. The van der Waals surface area contributed by atoms with Crippen LogP contribution in [0.2, 0.25) is 0 Å². The van der Waals surface area contributed by atoms with Crippen LogP contribution in [-0.2, 0) is 11.2 Å². The van der Waals surface area contributed by atoms with Crippen molar-refractivity contribution in [2.24, 2.45) is 0 Å². The third kappa shape index (κ3) is 6.17. The Morgan fingerprint density at radius 1 is 0.966 bits per heavy atom. The molecule has 0 bridgehead atoms. The number of ether oxygens (including phenoxy) is 1. The zero-order chi connectivity index (χ0) is 20.5. The summed E-state index contributed by atoms with van der Waals surface area (Å²) >= 11 is 0. The van der Waals surface area contributed by atoms with Crippen LogP contribution in [-0.4, -0.2) is 41.3 Å². The van der Waals surface area contributed by atoms with Crippen LogP contribution in [0.25, 0.3) is 0 Å². The summed E-state index contributed by atoms with van der Waals surface area (Å²) in [6, 6.07) is 15.0. The van der Waals surface area contributed by atoms with E-state index in [4.69, 9.17) is 4.74 Å². The Kier molecular flexibility index (Phi) is 6.94. The maximum absolute atomic E-state index is 12.1. The smallest absolute Gasteiger partial charge is 0.224 e. The van der Waals surface area contributed by atoms with Gasteiger partial charge in [-0.15, -0.1) is 10.2 Å². The highest BCUT2D eigenvalue weighted by Gasteiger charge is 2.07. The van der Waals surface area contributed by atoms with E-state index in [0.29, 0.717) is 36.3 Å². The molecule has 2 aromatic heterocycles. The molecule has 0 aliphatic carbocycles. The Hall–Kier alpha value is -3.68. The molecule has 8 heteroatoms. The minimum atomic E-state index is -0.0625. The van der Waals surface area contributed by atoms with Crippen molar-refractivity contribution >= 4 is 23.4 Å². The minimum Gasteiger partial charge on any atom is -0.496 e. The highest BCUT2D eigenvalue weighted by Crippen LogP contribution is 2.17. The van der Waals surface area contributed by atoms with Crippen LogP contribution >= 0.6 is 0 Å². The van der Waals surface area contributed by atoms with E-state index >= 15 is 0 Å². The second-order valence-electron chi connectivity index (χ2n) is 6.41. The molecule has 0 aliphatic rings. The van der Waals surface area contributed by atoms with E-state index in [1.54, 1.807) is 13.3 Å². The lowest BCUT2D eigenvalue weighted by Crippen LogP contribution is -2.30. The lowest BCUT2D eigenvalue weighted by molar-refractivity contribution is -0.120. The Balaban J connectivity index is 1.40. The summed E-state index contributed by atoms with van der Waals surface area (Å²) in [6.45, 7) is 3.00. The van der Waals surface area contributed by atoms with Crippen molar-refractivity contribution in [1.29, 1.82) is 0 Å². The minimum absolute atomic E-state index is 0.0625. The first-order valence-electron chi connectivity index (χ1n) is 9.30. The van der Waals surface area contributed by atoms with E-state index in [-0.39, 0.29) is 12.3 Å². The first-order chi connectivity index (χ1) is 14.1. The quantitative estimate of drug-likeness (QED) is 0.481. The standard InChI is InChI=1S/C21H24N6O2/c1-15-7-8-18(24-14-15)25-20-10-9-19(26-27-20)22-11-12-23-21(28)13-16-5-3-4-6-17(16)29-2/h3-10,14H,11-13H2,1-2H3,(H,22,26)(H,23,28)(H,24,25,27). The van der Waals surface area contributed by atoms with Crippen LogP contribution in [0.15, 0.2) is 54.7 Å². The molecule has 150 valence electrons. The zero-order valence-corrected chi connectivity index (χ0v) is 16.5. The highest BCUT2D eigenvalue weighted by molar-refractivity contribution is 5.79. The van der Waals surface area contributed by atoms with Gasteiger partial charge in [0.05, 0.1) is 13.5 Å². The molecular weight excluding hydrogens is 368 g/mol. The normalized spacial score (nSPS) is 10.3. The van der Waals surface area contributed by atoms with Gasteiger partial charge in [-0.05, 0) is 36.8 Å². The van der Waals surface area contributed by atoms with E-state index in [1.165, 1.54) is 0 Å². The molecule has 3 aromatic rings. The number of carbonyl (C=O) groups is 1. The molecule has 0 aliphatic heterocycles. The van der Waals surface area contributed by atoms with Crippen LogP contribution < -0.4 is 20.7 Å². The summed E-state index contributed by atoms with van der Waals surface area (Å²) in [5.74, 6) is 2.60. The van der Waals surface area contributed by atoms with Crippen LogP contribution in [0.1, 0.15) is 11.1 Å². The Morgan fingerprint density at radius 2 is 1.72 bits per heavy atom. The summed E-state index contributed by atoms with van der Waals surface area (Å²) < 4.78 is 5.27. The molecule has 29 heavy (non-hydrogen) atoms. The monoisotopic (exact) mass is 392 g/mol. The second-order valence-corrected chi connectivity index (χ2v) is 6.41. The summed E-state index contributed by atoms with van der Waals surface area (Å²) in [5, 5.41) is 17.3. The Labute approximate surface area is 169 Å². The molecule has 0 spiro atoms. The third-order valence-corrected chi connectivity index (χ3v) is 4.13. The van der Waals surface area contributed by atoms with Crippen LogP contribution in [0.5, 0.6) is 5.75 Å². The van der Waals surface area contributed by atoms with E-state index in [9.17, 15) is 4.79 Å². The number of methoxy groups -OCH3 is 1. The number of amides is 1.